The molecule has 0 radical (unpaired) electrons. The summed E-state index contributed by atoms with van der Waals surface area (Å²) in [6.07, 6.45) is -3.10. The maximum absolute atomic E-state index is 13.2. The van der Waals surface area contributed by atoms with E-state index in [2.05, 4.69) is 4.98 Å². The third-order valence-corrected chi connectivity index (χ3v) is 3.45. The Hall–Kier alpha value is -1.65. The van der Waals surface area contributed by atoms with Gasteiger partial charge >= 0.3 is 6.18 Å². The molecule has 1 nitrogen and oxygen atoms in total. The van der Waals surface area contributed by atoms with Crippen molar-refractivity contribution in [2.24, 2.45) is 0 Å². The van der Waals surface area contributed by atoms with E-state index in [9.17, 15) is 17.6 Å². The standard InChI is InChI=1S/C16H17F4N/c1-2-11-9-12-6-7-13(17)10-15(12)21-14(11)5-3-4-8-16(18,19)20/h6-7,9-10H,2-5,8H2,1H3. The van der Waals surface area contributed by atoms with Crippen LogP contribution in [0.3, 0.4) is 0 Å². The van der Waals surface area contributed by atoms with Gasteiger partial charge in [-0.1, -0.05) is 6.92 Å². The van der Waals surface area contributed by atoms with Crippen LogP contribution >= 0.6 is 0 Å². The lowest BCUT2D eigenvalue weighted by molar-refractivity contribution is -0.135. The van der Waals surface area contributed by atoms with Gasteiger partial charge in [-0.2, -0.15) is 13.2 Å². The highest BCUT2D eigenvalue weighted by atomic mass is 19.4. The molecule has 0 aliphatic heterocycles. The van der Waals surface area contributed by atoms with Gasteiger partial charge in [-0.05, 0) is 49.4 Å². The van der Waals surface area contributed by atoms with Crippen LogP contribution in [0.5, 0.6) is 0 Å². The number of unbranched alkanes of at least 4 members (excludes halogenated alkanes) is 1. The Kier molecular flexibility index (Phi) is 4.80. The topological polar surface area (TPSA) is 12.9 Å². The van der Waals surface area contributed by atoms with Crippen LogP contribution in [0.25, 0.3) is 10.9 Å². The van der Waals surface area contributed by atoms with Crippen LogP contribution in [-0.4, -0.2) is 11.2 Å². The molecule has 0 aliphatic carbocycles. The minimum absolute atomic E-state index is 0.0928. The van der Waals surface area contributed by atoms with E-state index in [1.54, 1.807) is 6.07 Å². The molecule has 114 valence electrons. The number of pyridine rings is 1. The van der Waals surface area contributed by atoms with Crippen molar-refractivity contribution in [3.05, 3.63) is 41.3 Å². The first-order valence-corrected chi connectivity index (χ1v) is 7.04. The van der Waals surface area contributed by atoms with E-state index in [-0.39, 0.29) is 12.2 Å². The minimum atomic E-state index is -4.10. The molecular formula is C16H17F4N. The average molecular weight is 299 g/mol. The Morgan fingerprint density at radius 1 is 1.10 bits per heavy atom. The molecule has 2 aromatic rings. The summed E-state index contributed by atoms with van der Waals surface area (Å²) in [5.41, 5.74) is 2.34. The fourth-order valence-electron chi connectivity index (χ4n) is 2.36. The van der Waals surface area contributed by atoms with Crippen molar-refractivity contribution >= 4 is 10.9 Å². The lowest BCUT2D eigenvalue weighted by Crippen LogP contribution is -2.07. The summed E-state index contributed by atoms with van der Waals surface area (Å²) < 4.78 is 49.6. The molecule has 2 rings (SSSR count). The van der Waals surface area contributed by atoms with Crippen LogP contribution in [0.1, 0.15) is 37.4 Å². The van der Waals surface area contributed by atoms with Gasteiger partial charge in [0, 0.05) is 23.6 Å². The number of hydrogen-bond donors (Lipinski definition) is 0. The van der Waals surface area contributed by atoms with Crippen molar-refractivity contribution in [3.63, 3.8) is 0 Å². The van der Waals surface area contributed by atoms with E-state index in [4.69, 9.17) is 0 Å². The van der Waals surface area contributed by atoms with E-state index in [1.165, 1.54) is 12.1 Å². The van der Waals surface area contributed by atoms with Crippen LogP contribution in [-0.2, 0) is 12.8 Å². The third kappa shape index (κ3) is 4.41. The van der Waals surface area contributed by atoms with Crippen LogP contribution < -0.4 is 0 Å². The Bertz CT molecular complexity index is 619. The number of nitrogens with zero attached hydrogens (tertiary/aromatic N) is 1. The normalized spacial score (nSPS) is 12.0. The molecule has 1 aromatic carbocycles. The molecular weight excluding hydrogens is 282 g/mol. The van der Waals surface area contributed by atoms with Gasteiger partial charge in [0.15, 0.2) is 0 Å². The van der Waals surface area contributed by atoms with E-state index in [1.807, 2.05) is 13.0 Å². The molecule has 1 aromatic heterocycles. The maximum Gasteiger partial charge on any atom is 0.389 e. The van der Waals surface area contributed by atoms with Crippen molar-refractivity contribution < 1.29 is 17.6 Å². The van der Waals surface area contributed by atoms with Crippen LogP contribution in [0.2, 0.25) is 0 Å². The van der Waals surface area contributed by atoms with Crippen LogP contribution in [0.15, 0.2) is 24.3 Å². The predicted octanol–water partition coefficient (Wildman–Crippen LogP) is 5.21. The number of aryl methyl sites for hydroxylation is 2. The third-order valence-electron chi connectivity index (χ3n) is 3.45. The number of hydrogen-bond acceptors (Lipinski definition) is 1. The Morgan fingerprint density at radius 3 is 2.52 bits per heavy atom. The van der Waals surface area contributed by atoms with Crippen molar-refractivity contribution in [2.45, 2.75) is 45.2 Å². The number of halogens is 4. The lowest BCUT2D eigenvalue weighted by atomic mass is 10.0. The number of fused-ring (bicyclic) bond motifs is 1. The highest BCUT2D eigenvalue weighted by Crippen LogP contribution is 2.24. The summed E-state index contributed by atoms with van der Waals surface area (Å²) in [6, 6.07) is 6.35. The Morgan fingerprint density at radius 2 is 1.86 bits per heavy atom. The largest absolute Gasteiger partial charge is 0.389 e. The maximum atomic E-state index is 13.2. The van der Waals surface area contributed by atoms with E-state index < -0.39 is 12.6 Å². The predicted molar refractivity (Wildman–Crippen MR) is 74.7 cm³/mol. The fourth-order valence-corrected chi connectivity index (χ4v) is 2.36. The van der Waals surface area contributed by atoms with Gasteiger partial charge in [-0.15, -0.1) is 0 Å². The van der Waals surface area contributed by atoms with E-state index >= 15 is 0 Å². The van der Waals surface area contributed by atoms with Gasteiger partial charge in [-0.25, -0.2) is 4.39 Å². The summed E-state index contributed by atoms with van der Waals surface area (Å²) in [5.74, 6) is -0.359. The first kappa shape index (κ1) is 15.7. The molecule has 1 heterocycles. The molecule has 0 spiro atoms. The molecule has 0 unspecified atom stereocenters. The van der Waals surface area contributed by atoms with Gasteiger partial charge in [0.1, 0.15) is 5.82 Å². The zero-order chi connectivity index (χ0) is 15.5. The zero-order valence-corrected chi connectivity index (χ0v) is 11.8. The van der Waals surface area contributed by atoms with Gasteiger partial charge in [0.05, 0.1) is 5.52 Å². The molecule has 0 N–H and O–H groups in total. The second-order valence-corrected chi connectivity index (χ2v) is 5.11. The average Bonchev–Trinajstić information content (AvgIpc) is 2.41. The first-order valence-electron chi connectivity index (χ1n) is 7.04. The summed E-state index contributed by atoms with van der Waals surface area (Å²) in [7, 11) is 0. The van der Waals surface area contributed by atoms with Crippen molar-refractivity contribution in [1.29, 1.82) is 0 Å². The van der Waals surface area contributed by atoms with Crippen LogP contribution in [0.4, 0.5) is 17.6 Å². The highest BCUT2D eigenvalue weighted by molar-refractivity contribution is 5.79. The summed E-state index contributed by atoms with van der Waals surface area (Å²) in [5, 5.41) is 0.854. The van der Waals surface area contributed by atoms with Crippen molar-refractivity contribution in [3.8, 4) is 0 Å². The number of alkyl halides is 3. The monoisotopic (exact) mass is 299 g/mol. The molecule has 0 atom stereocenters. The van der Waals surface area contributed by atoms with Crippen molar-refractivity contribution in [2.75, 3.05) is 0 Å². The summed E-state index contributed by atoms with van der Waals surface area (Å²) in [4.78, 5) is 4.42. The van der Waals surface area contributed by atoms with E-state index in [0.717, 1.165) is 23.1 Å². The number of benzene rings is 1. The molecule has 0 fully saturated rings. The van der Waals surface area contributed by atoms with Gasteiger partial charge in [0.2, 0.25) is 0 Å². The molecule has 0 bridgehead atoms. The molecule has 5 heteroatoms. The summed E-state index contributed by atoms with van der Waals surface area (Å²) >= 11 is 0. The van der Waals surface area contributed by atoms with Gasteiger partial charge in [0.25, 0.3) is 0 Å². The molecule has 0 aliphatic rings. The molecule has 0 saturated carbocycles. The first-order chi connectivity index (χ1) is 9.89. The number of aromatic nitrogens is 1. The zero-order valence-electron chi connectivity index (χ0n) is 11.8. The van der Waals surface area contributed by atoms with Gasteiger partial charge in [-0.3, -0.25) is 4.98 Å². The van der Waals surface area contributed by atoms with Crippen molar-refractivity contribution in [1.82, 2.24) is 4.98 Å². The minimum Gasteiger partial charge on any atom is -0.252 e. The summed E-state index contributed by atoms with van der Waals surface area (Å²) in [6.45, 7) is 1.98. The van der Waals surface area contributed by atoms with Gasteiger partial charge < -0.3 is 0 Å². The lowest BCUT2D eigenvalue weighted by Gasteiger charge is -2.10. The Labute approximate surface area is 121 Å². The molecule has 0 saturated heterocycles. The second kappa shape index (κ2) is 6.41. The smallest absolute Gasteiger partial charge is 0.252 e. The quantitative estimate of drug-likeness (QED) is 0.545. The highest BCUT2D eigenvalue weighted by Gasteiger charge is 2.25. The number of rotatable bonds is 5. The second-order valence-electron chi connectivity index (χ2n) is 5.11. The SMILES string of the molecule is CCc1cc2ccc(F)cc2nc1CCCCC(F)(F)F. The fraction of sp³-hybridized carbons (Fsp3) is 0.438. The molecule has 21 heavy (non-hydrogen) atoms. The van der Waals surface area contributed by atoms with E-state index in [0.29, 0.717) is 18.4 Å². The Balaban J connectivity index is 2.14. The molecule has 0 amide bonds. The van der Waals surface area contributed by atoms with Crippen LogP contribution in [0, 0.1) is 5.82 Å².